The molecule has 168 valence electrons. The predicted molar refractivity (Wildman–Crippen MR) is 136 cm³/mol. The summed E-state index contributed by atoms with van der Waals surface area (Å²) in [6, 6.07) is 17.5. The summed E-state index contributed by atoms with van der Waals surface area (Å²) in [6.07, 6.45) is 3.36. The predicted octanol–water partition coefficient (Wildman–Crippen LogP) is 6.80. The quantitative estimate of drug-likeness (QED) is 0.240. The van der Waals surface area contributed by atoms with Crippen LogP contribution in [-0.4, -0.2) is 29.3 Å². The second-order valence-corrected chi connectivity index (χ2v) is 9.12. The highest BCUT2D eigenvalue weighted by molar-refractivity contribution is 9.10. The lowest BCUT2D eigenvalue weighted by Crippen LogP contribution is -2.27. The Balaban J connectivity index is 1.62. The zero-order valence-electron chi connectivity index (χ0n) is 18.0. The van der Waals surface area contributed by atoms with E-state index >= 15 is 0 Å². The van der Waals surface area contributed by atoms with Crippen molar-refractivity contribution >= 4 is 55.7 Å². The van der Waals surface area contributed by atoms with Gasteiger partial charge in [-0.1, -0.05) is 55.1 Å². The number of rotatable bonds is 8. The third kappa shape index (κ3) is 4.99. The van der Waals surface area contributed by atoms with Gasteiger partial charge in [-0.2, -0.15) is 0 Å². The van der Waals surface area contributed by atoms with Crippen molar-refractivity contribution in [3.8, 4) is 11.5 Å². The molecule has 0 aromatic heterocycles. The van der Waals surface area contributed by atoms with Gasteiger partial charge in [0.25, 0.3) is 11.1 Å². The molecule has 0 N–H and O–H groups in total. The Labute approximate surface area is 205 Å². The van der Waals surface area contributed by atoms with Crippen LogP contribution in [-0.2, 0) is 11.3 Å². The summed E-state index contributed by atoms with van der Waals surface area (Å²) in [5.41, 5.74) is 1.66. The Morgan fingerprint density at radius 2 is 1.88 bits per heavy atom. The molecule has 1 aliphatic rings. The second-order valence-electron chi connectivity index (χ2n) is 7.27. The van der Waals surface area contributed by atoms with E-state index in [0.717, 1.165) is 33.7 Å². The van der Waals surface area contributed by atoms with Gasteiger partial charge in [0.1, 0.15) is 6.61 Å². The first-order chi connectivity index (χ1) is 16.0. The minimum Gasteiger partial charge on any atom is -0.490 e. The zero-order valence-corrected chi connectivity index (χ0v) is 20.4. The van der Waals surface area contributed by atoms with Crippen molar-refractivity contribution in [1.29, 1.82) is 0 Å². The van der Waals surface area contributed by atoms with Gasteiger partial charge in [0.15, 0.2) is 11.5 Å². The number of benzene rings is 3. The van der Waals surface area contributed by atoms with Gasteiger partial charge in [-0.15, -0.1) is 0 Å². The van der Waals surface area contributed by atoms with E-state index in [0.29, 0.717) is 34.1 Å². The summed E-state index contributed by atoms with van der Waals surface area (Å²) >= 11 is 4.46. The lowest BCUT2D eigenvalue weighted by Gasteiger charge is -2.15. The van der Waals surface area contributed by atoms with E-state index < -0.39 is 0 Å². The molecule has 5 nitrogen and oxygen atoms in total. The van der Waals surface area contributed by atoms with E-state index in [-0.39, 0.29) is 17.7 Å². The van der Waals surface area contributed by atoms with Crippen LogP contribution in [0.15, 0.2) is 76.6 Å². The van der Waals surface area contributed by atoms with Gasteiger partial charge in [-0.25, -0.2) is 0 Å². The Bertz CT molecular complexity index is 1270. The van der Waals surface area contributed by atoms with E-state index in [1.54, 1.807) is 18.2 Å². The molecule has 3 aromatic rings. The standard InChI is InChI=1S/C26H22BrNO4S/c1-3-12-32-24-21(27)13-17(14-22(24)31-4-2)15-23-25(29)28(26(30)33-23)16-19-10-7-9-18-8-5-6-11-20(18)19/h3,5-11,13-15H,1,4,12,16H2,2H3/b23-15+. The SMILES string of the molecule is C=CCOc1c(Br)cc(/C=C2/SC(=O)N(Cc3cccc4ccccc34)C2=O)cc1OCC. The van der Waals surface area contributed by atoms with Gasteiger partial charge in [-0.3, -0.25) is 14.5 Å². The van der Waals surface area contributed by atoms with Crippen LogP contribution < -0.4 is 9.47 Å². The average molecular weight is 524 g/mol. The maximum atomic E-state index is 13.1. The van der Waals surface area contributed by atoms with Crippen LogP contribution in [0.2, 0.25) is 0 Å². The fourth-order valence-corrected chi connectivity index (χ4v) is 5.02. The Morgan fingerprint density at radius 1 is 1.09 bits per heavy atom. The molecule has 2 amide bonds. The van der Waals surface area contributed by atoms with Crippen LogP contribution in [0.4, 0.5) is 4.79 Å². The van der Waals surface area contributed by atoms with Crippen molar-refractivity contribution in [3.05, 3.63) is 87.8 Å². The lowest BCUT2D eigenvalue weighted by molar-refractivity contribution is -0.123. The van der Waals surface area contributed by atoms with Crippen molar-refractivity contribution in [3.63, 3.8) is 0 Å². The van der Waals surface area contributed by atoms with Crippen molar-refractivity contribution < 1.29 is 19.1 Å². The molecule has 0 saturated carbocycles. The molecule has 0 aliphatic carbocycles. The molecule has 4 rings (SSSR count). The molecule has 1 aliphatic heterocycles. The average Bonchev–Trinajstić information content (AvgIpc) is 3.06. The number of fused-ring (bicyclic) bond motifs is 1. The number of carbonyl (C=O) groups is 2. The first kappa shape index (κ1) is 23.1. The number of imide groups is 1. The van der Waals surface area contributed by atoms with Gasteiger partial charge in [0.05, 0.1) is 22.5 Å². The van der Waals surface area contributed by atoms with Gasteiger partial charge in [0, 0.05) is 0 Å². The Hall–Kier alpha value is -3.03. The third-order valence-electron chi connectivity index (χ3n) is 5.06. The molecule has 0 bridgehead atoms. The van der Waals surface area contributed by atoms with Crippen molar-refractivity contribution in [2.45, 2.75) is 13.5 Å². The molecule has 3 aromatic carbocycles. The number of amides is 2. The first-order valence-electron chi connectivity index (χ1n) is 10.4. The smallest absolute Gasteiger partial charge is 0.293 e. The number of nitrogens with zero attached hydrogens (tertiary/aromatic N) is 1. The molecule has 0 spiro atoms. The van der Waals surface area contributed by atoms with Crippen LogP contribution in [0.1, 0.15) is 18.1 Å². The number of carbonyl (C=O) groups excluding carboxylic acids is 2. The molecule has 0 radical (unpaired) electrons. The molecule has 0 unspecified atom stereocenters. The van der Waals surface area contributed by atoms with Crippen LogP contribution >= 0.6 is 27.7 Å². The summed E-state index contributed by atoms with van der Waals surface area (Å²) < 4.78 is 12.1. The Kier molecular flexibility index (Phi) is 7.20. The molecule has 7 heteroatoms. The van der Waals surface area contributed by atoms with E-state index in [9.17, 15) is 9.59 Å². The largest absolute Gasteiger partial charge is 0.490 e. The van der Waals surface area contributed by atoms with Crippen molar-refractivity contribution in [2.75, 3.05) is 13.2 Å². The van der Waals surface area contributed by atoms with Crippen molar-refractivity contribution in [2.24, 2.45) is 0 Å². The Morgan fingerprint density at radius 3 is 2.67 bits per heavy atom. The van der Waals surface area contributed by atoms with Crippen LogP contribution in [0.5, 0.6) is 11.5 Å². The molecule has 0 atom stereocenters. The summed E-state index contributed by atoms with van der Waals surface area (Å²) in [4.78, 5) is 27.5. The third-order valence-corrected chi connectivity index (χ3v) is 6.55. The monoisotopic (exact) mass is 523 g/mol. The molecule has 1 saturated heterocycles. The fraction of sp³-hybridized carbons (Fsp3) is 0.154. The molecular formula is C26H22BrNO4S. The zero-order chi connectivity index (χ0) is 23.4. The van der Waals surface area contributed by atoms with Gasteiger partial charge in [-0.05, 0) is 74.7 Å². The normalized spacial score (nSPS) is 14.8. The highest BCUT2D eigenvalue weighted by Gasteiger charge is 2.35. The number of hydrogen-bond donors (Lipinski definition) is 0. The molecular weight excluding hydrogens is 502 g/mol. The summed E-state index contributed by atoms with van der Waals surface area (Å²) in [6.45, 7) is 6.58. The van der Waals surface area contributed by atoms with Gasteiger partial charge in [0.2, 0.25) is 0 Å². The fourth-order valence-electron chi connectivity index (χ4n) is 3.60. The minimum absolute atomic E-state index is 0.228. The van der Waals surface area contributed by atoms with E-state index in [1.165, 1.54) is 4.90 Å². The number of ether oxygens (including phenoxy) is 2. The van der Waals surface area contributed by atoms with E-state index in [1.807, 2.05) is 55.5 Å². The molecule has 33 heavy (non-hydrogen) atoms. The topological polar surface area (TPSA) is 55.8 Å². The number of hydrogen-bond acceptors (Lipinski definition) is 5. The highest BCUT2D eigenvalue weighted by Crippen LogP contribution is 2.39. The lowest BCUT2D eigenvalue weighted by atomic mass is 10.0. The van der Waals surface area contributed by atoms with E-state index in [4.69, 9.17) is 9.47 Å². The molecule has 1 heterocycles. The minimum atomic E-state index is -0.306. The van der Waals surface area contributed by atoms with E-state index in [2.05, 4.69) is 22.5 Å². The van der Waals surface area contributed by atoms with Gasteiger partial charge < -0.3 is 9.47 Å². The van der Waals surface area contributed by atoms with Crippen LogP contribution in [0, 0.1) is 0 Å². The second kappa shape index (κ2) is 10.3. The summed E-state index contributed by atoms with van der Waals surface area (Å²) in [7, 11) is 0. The maximum Gasteiger partial charge on any atom is 0.293 e. The van der Waals surface area contributed by atoms with Gasteiger partial charge >= 0.3 is 0 Å². The maximum absolute atomic E-state index is 13.1. The summed E-state index contributed by atoms with van der Waals surface area (Å²) in [5.74, 6) is 0.812. The number of halogens is 1. The summed E-state index contributed by atoms with van der Waals surface area (Å²) in [5, 5.41) is 1.82. The van der Waals surface area contributed by atoms with Crippen molar-refractivity contribution in [1.82, 2.24) is 4.90 Å². The molecule has 1 fully saturated rings. The first-order valence-corrected chi connectivity index (χ1v) is 12.0. The highest BCUT2D eigenvalue weighted by atomic mass is 79.9. The number of thioether (sulfide) groups is 1. The van der Waals surface area contributed by atoms with Crippen LogP contribution in [0.25, 0.3) is 16.8 Å². The van der Waals surface area contributed by atoms with Crippen LogP contribution in [0.3, 0.4) is 0 Å².